The van der Waals surface area contributed by atoms with Crippen molar-refractivity contribution in [2.24, 2.45) is 0 Å². The van der Waals surface area contributed by atoms with E-state index in [-0.39, 0.29) is 5.91 Å². The number of fused-ring (bicyclic) bond motifs is 2. The lowest BCUT2D eigenvalue weighted by Gasteiger charge is -2.07. The Bertz CT molecular complexity index is 1010. The number of hydrogen-bond donors (Lipinski definition) is 2. The number of carbonyl (C=O) groups is 1. The van der Waals surface area contributed by atoms with E-state index >= 15 is 0 Å². The van der Waals surface area contributed by atoms with Crippen molar-refractivity contribution in [3.05, 3.63) is 50.4 Å². The number of amides is 1. The number of benzene rings is 1. The minimum Gasteiger partial charge on any atom is -0.397 e. The first-order chi connectivity index (χ1) is 12.5. The highest BCUT2D eigenvalue weighted by atomic mass is 79.9. The van der Waals surface area contributed by atoms with Gasteiger partial charge in [0.25, 0.3) is 5.91 Å². The quantitative estimate of drug-likeness (QED) is 0.530. The first kappa shape index (κ1) is 17.5. The molecule has 0 fully saturated rings. The molecule has 0 saturated heterocycles. The number of nitrogen functional groups attached to an aromatic ring is 1. The Morgan fingerprint density at radius 1 is 1.23 bits per heavy atom. The Kier molecular flexibility index (Phi) is 4.71. The summed E-state index contributed by atoms with van der Waals surface area (Å²) in [5.41, 5.74) is 11.2. The van der Waals surface area contributed by atoms with E-state index in [2.05, 4.69) is 27.3 Å². The van der Waals surface area contributed by atoms with Gasteiger partial charge in [0.15, 0.2) is 0 Å². The Morgan fingerprint density at radius 3 is 2.85 bits per heavy atom. The van der Waals surface area contributed by atoms with E-state index < -0.39 is 0 Å². The van der Waals surface area contributed by atoms with Crippen molar-refractivity contribution >= 4 is 54.8 Å². The molecule has 134 valence electrons. The molecule has 3 aromatic rings. The van der Waals surface area contributed by atoms with E-state index in [4.69, 9.17) is 10.7 Å². The summed E-state index contributed by atoms with van der Waals surface area (Å²) in [7, 11) is 0. The summed E-state index contributed by atoms with van der Waals surface area (Å²) in [6.45, 7) is 2.01. The van der Waals surface area contributed by atoms with Crippen molar-refractivity contribution in [3.63, 3.8) is 0 Å². The smallest absolute Gasteiger partial charge is 0.267 e. The third kappa shape index (κ3) is 3.23. The molecule has 1 aliphatic rings. The summed E-state index contributed by atoms with van der Waals surface area (Å²) < 4.78 is 0.857. The van der Waals surface area contributed by atoms with Crippen LogP contribution in [-0.4, -0.2) is 10.9 Å². The summed E-state index contributed by atoms with van der Waals surface area (Å²) >= 11 is 4.87. The Labute approximate surface area is 164 Å². The molecule has 1 aromatic carbocycles. The van der Waals surface area contributed by atoms with Gasteiger partial charge in [0.2, 0.25) is 0 Å². The average molecular weight is 430 g/mol. The molecule has 3 N–H and O–H groups in total. The normalized spacial score (nSPS) is 14.1. The molecule has 26 heavy (non-hydrogen) atoms. The van der Waals surface area contributed by atoms with E-state index in [1.54, 1.807) is 0 Å². The third-order valence-electron chi connectivity index (χ3n) is 4.83. The van der Waals surface area contributed by atoms with Crippen LogP contribution < -0.4 is 11.1 Å². The minimum atomic E-state index is -0.190. The van der Waals surface area contributed by atoms with Gasteiger partial charge in [-0.2, -0.15) is 0 Å². The van der Waals surface area contributed by atoms with Gasteiger partial charge < -0.3 is 11.1 Å². The second-order valence-electron chi connectivity index (χ2n) is 6.79. The number of hydrogen-bond acceptors (Lipinski definition) is 4. The van der Waals surface area contributed by atoms with Crippen LogP contribution in [0.5, 0.6) is 0 Å². The van der Waals surface area contributed by atoms with Gasteiger partial charge in [-0.15, -0.1) is 11.3 Å². The zero-order chi connectivity index (χ0) is 18.3. The maximum absolute atomic E-state index is 12.8. The van der Waals surface area contributed by atoms with Crippen LogP contribution in [0, 0.1) is 6.92 Å². The lowest BCUT2D eigenvalue weighted by Crippen LogP contribution is -2.12. The summed E-state index contributed by atoms with van der Waals surface area (Å²) in [5, 5.41) is 3.86. The van der Waals surface area contributed by atoms with Gasteiger partial charge in [0.1, 0.15) is 9.71 Å². The van der Waals surface area contributed by atoms with Crippen LogP contribution in [-0.2, 0) is 12.8 Å². The van der Waals surface area contributed by atoms with E-state index in [0.29, 0.717) is 10.6 Å². The van der Waals surface area contributed by atoms with Gasteiger partial charge >= 0.3 is 0 Å². The lowest BCUT2D eigenvalue weighted by molar-refractivity contribution is 0.103. The zero-order valence-corrected chi connectivity index (χ0v) is 17.0. The summed E-state index contributed by atoms with van der Waals surface area (Å²) in [6, 6.07) is 7.98. The maximum Gasteiger partial charge on any atom is 0.267 e. The number of halogens is 1. The monoisotopic (exact) mass is 429 g/mol. The highest BCUT2D eigenvalue weighted by Crippen LogP contribution is 2.36. The number of anilines is 2. The molecule has 2 heterocycles. The predicted octanol–water partition coefficient (Wildman–Crippen LogP) is 5.47. The Balaban J connectivity index is 1.70. The zero-order valence-electron chi connectivity index (χ0n) is 14.6. The van der Waals surface area contributed by atoms with Crippen molar-refractivity contribution in [1.82, 2.24) is 4.98 Å². The van der Waals surface area contributed by atoms with Gasteiger partial charge in [-0.1, -0.05) is 12.5 Å². The van der Waals surface area contributed by atoms with Crippen LogP contribution in [0.3, 0.4) is 0 Å². The molecular weight excluding hydrogens is 410 g/mol. The lowest BCUT2D eigenvalue weighted by atomic mass is 10.1. The number of aryl methyl sites for hydroxylation is 3. The van der Waals surface area contributed by atoms with Gasteiger partial charge in [-0.3, -0.25) is 4.79 Å². The number of aromatic nitrogens is 1. The fourth-order valence-electron chi connectivity index (χ4n) is 3.41. The first-order valence-electron chi connectivity index (χ1n) is 8.81. The molecule has 0 saturated carbocycles. The number of nitrogens with two attached hydrogens (primary N) is 1. The minimum absolute atomic E-state index is 0.190. The van der Waals surface area contributed by atoms with Crippen LogP contribution >= 0.6 is 27.3 Å². The van der Waals surface area contributed by atoms with E-state index in [9.17, 15) is 4.79 Å². The van der Waals surface area contributed by atoms with Crippen molar-refractivity contribution in [3.8, 4) is 0 Å². The fourth-order valence-corrected chi connectivity index (χ4v) is 4.99. The average Bonchev–Trinajstić information content (AvgIpc) is 2.79. The number of rotatable bonds is 2. The Hall–Kier alpha value is -1.92. The predicted molar refractivity (Wildman–Crippen MR) is 112 cm³/mol. The summed E-state index contributed by atoms with van der Waals surface area (Å²) in [6.07, 6.45) is 5.69. The molecule has 0 bridgehead atoms. The Morgan fingerprint density at radius 2 is 2.04 bits per heavy atom. The molecule has 4 rings (SSSR count). The van der Waals surface area contributed by atoms with Gasteiger partial charge in [0, 0.05) is 15.6 Å². The molecule has 1 aliphatic carbocycles. The summed E-state index contributed by atoms with van der Waals surface area (Å²) in [5.74, 6) is -0.190. The van der Waals surface area contributed by atoms with Crippen molar-refractivity contribution in [2.75, 3.05) is 11.1 Å². The highest BCUT2D eigenvalue weighted by Gasteiger charge is 2.20. The molecule has 0 spiro atoms. The van der Waals surface area contributed by atoms with Crippen LogP contribution in [0.25, 0.3) is 10.2 Å². The molecular formula is C20H20BrN3OS. The van der Waals surface area contributed by atoms with Crippen molar-refractivity contribution in [1.29, 1.82) is 0 Å². The molecule has 2 aromatic heterocycles. The molecule has 0 atom stereocenters. The standard InChI is InChI=1S/C20H20BrN3OS/c1-11-7-8-16(14(21)9-11)23-19(25)18-17(22)13-10-12-5-3-2-4-6-15(12)24-20(13)26-18/h7-10H,2-6,22H2,1H3,(H,23,25). The second-order valence-corrected chi connectivity index (χ2v) is 8.64. The topological polar surface area (TPSA) is 68.0 Å². The van der Waals surface area contributed by atoms with Crippen molar-refractivity contribution < 1.29 is 4.79 Å². The largest absolute Gasteiger partial charge is 0.397 e. The number of thiophene rings is 1. The van der Waals surface area contributed by atoms with Crippen LogP contribution in [0.1, 0.15) is 45.8 Å². The third-order valence-corrected chi connectivity index (χ3v) is 6.60. The number of nitrogens with zero attached hydrogens (tertiary/aromatic N) is 1. The van der Waals surface area contributed by atoms with Crippen molar-refractivity contribution in [2.45, 2.75) is 39.0 Å². The molecule has 1 amide bonds. The molecule has 4 nitrogen and oxygen atoms in total. The first-order valence-corrected chi connectivity index (χ1v) is 10.4. The fraction of sp³-hybridized carbons (Fsp3) is 0.300. The molecule has 0 radical (unpaired) electrons. The van der Waals surface area contributed by atoms with E-state index in [1.165, 1.54) is 41.9 Å². The highest BCUT2D eigenvalue weighted by molar-refractivity contribution is 9.10. The summed E-state index contributed by atoms with van der Waals surface area (Å²) in [4.78, 5) is 19.0. The number of nitrogens with one attached hydrogen (secondary N) is 1. The maximum atomic E-state index is 12.8. The molecule has 6 heteroatoms. The SMILES string of the molecule is Cc1ccc(NC(=O)c2sc3nc4c(cc3c2N)CCCCC4)c(Br)c1. The van der Waals surface area contributed by atoms with E-state index in [1.807, 2.05) is 25.1 Å². The van der Waals surface area contributed by atoms with Crippen LogP contribution in [0.2, 0.25) is 0 Å². The van der Waals surface area contributed by atoms with Gasteiger partial charge in [0.05, 0.1) is 11.4 Å². The van der Waals surface area contributed by atoms with Gasteiger partial charge in [-0.05, 0) is 77.9 Å². The molecule has 0 unspecified atom stereocenters. The number of pyridine rings is 1. The van der Waals surface area contributed by atoms with Crippen LogP contribution in [0.4, 0.5) is 11.4 Å². The van der Waals surface area contributed by atoms with E-state index in [0.717, 1.165) is 38.8 Å². The number of carbonyl (C=O) groups excluding carboxylic acids is 1. The second kappa shape index (κ2) is 7.00. The van der Waals surface area contributed by atoms with Crippen LogP contribution in [0.15, 0.2) is 28.7 Å². The van der Waals surface area contributed by atoms with Gasteiger partial charge in [-0.25, -0.2) is 4.98 Å². The molecule has 0 aliphatic heterocycles.